The molecule has 0 heterocycles. The molecular weight excluding hydrogens is 302 g/mol. The van der Waals surface area contributed by atoms with Crippen molar-refractivity contribution in [1.82, 2.24) is 0 Å². The molecule has 4 heteroatoms. The minimum atomic E-state index is -0.189. The third-order valence-corrected chi connectivity index (χ3v) is 3.66. The Morgan fingerprint density at radius 1 is 1.08 bits per heavy atom. The van der Waals surface area contributed by atoms with Gasteiger partial charge in [0.25, 0.3) is 5.91 Å². The van der Waals surface area contributed by atoms with Gasteiger partial charge >= 0.3 is 0 Å². The van der Waals surface area contributed by atoms with Crippen molar-refractivity contribution in [2.75, 3.05) is 19.5 Å². The molecule has 0 saturated heterocycles. The van der Waals surface area contributed by atoms with E-state index < -0.39 is 0 Å². The summed E-state index contributed by atoms with van der Waals surface area (Å²) in [7, 11) is 3.14. The summed E-state index contributed by atoms with van der Waals surface area (Å²) in [4.78, 5) is 12.6. The Kier molecular flexibility index (Phi) is 5.64. The number of ether oxygens (including phenoxy) is 2. The van der Waals surface area contributed by atoms with Crippen LogP contribution in [0.3, 0.4) is 0 Å². The maximum Gasteiger partial charge on any atom is 0.255 e. The van der Waals surface area contributed by atoms with Crippen LogP contribution in [0.1, 0.15) is 27.0 Å². The molecule has 0 aliphatic carbocycles. The van der Waals surface area contributed by atoms with Gasteiger partial charge in [0.1, 0.15) is 0 Å². The Balaban J connectivity index is 2.37. The lowest BCUT2D eigenvalue weighted by atomic mass is 10.0. The van der Waals surface area contributed by atoms with Crippen molar-refractivity contribution in [1.29, 1.82) is 0 Å². The lowest BCUT2D eigenvalue weighted by molar-refractivity contribution is 0.102. The molecule has 0 saturated carbocycles. The Morgan fingerprint density at radius 2 is 1.75 bits per heavy atom. The smallest absolute Gasteiger partial charge is 0.255 e. The highest BCUT2D eigenvalue weighted by Gasteiger charge is 2.16. The molecule has 0 aromatic heterocycles. The first-order chi connectivity index (χ1) is 11.5. The number of methoxy groups -OCH3 is 2. The average Bonchev–Trinajstić information content (AvgIpc) is 2.53. The van der Waals surface area contributed by atoms with Crippen LogP contribution in [0.15, 0.2) is 43.0 Å². The Labute approximate surface area is 143 Å². The quantitative estimate of drug-likeness (QED) is 0.806. The van der Waals surface area contributed by atoms with Crippen LogP contribution in [-0.4, -0.2) is 20.1 Å². The number of allylic oxidation sites excluding steroid dienone is 1. The van der Waals surface area contributed by atoms with Crippen LogP contribution in [0.2, 0.25) is 0 Å². The minimum absolute atomic E-state index is 0.189. The van der Waals surface area contributed by atoms with Gasteiger partial charge in [-0.15, -0.1) is 6.58 Å². The highest BCUT2D eigenvalue weighted by atomic mass is 16.5. The number of carbonyl (C=O) groups excluding carboxylic acids is 1. The van der Waals surface area contributed by atoms with Crippen LogP contribution in [-0.2, 0) is 6.42 Å². The van der Waals surface area contributed by atoms with Gasteiger partial charge in [-0.3, -0.25) is 4.79 Å². The van der Waals surface area contributed by atoms with Crippen molar-refractivity contribution >= 4 is 11.6 Å². The van der Waals surface area contributed by atoms with Crippen molar-refractivity contribution in [2.45, 2.75) is 20.3 Å². The van der Waals surface area contributed by atoms with Crippen LogP contribution >= 0.6 is 0 Å². The predicted molar refractivity (Wildman–Crippen MR) is 97.3 cm³/mol. The molecule has 0 atom stereocenters. The SMILES string of the molecule is C=CCc1cc(C(=O)Nc2cc(C)cc(C)c2)cc(OC)c1OC. The number of benzene rings is 2. The number of anilines is 1. The van der Waals surface area contributed by atoms with Crippen molar-refractivity contribution in [3.05, 3.63) is 65.2 Å². The number of nitrogens with one attached hydrogen (secondary N) is 1. The molecule has 2 rings (SSSR count). The van der Waals surface area contributed by atoms with E-state index in [2.05, 4.69) is 18.0 Å². The molecule has 2 aromatic rings. The molecule has 0 unspecified atom stereocenters. The van der Waals surface area contributed by atoms with Crippen molar-refractivity contribution in [2.24, 2.45) is 0 Å². The van der Waals surface area contributed by atoms with Gasteiger partial charge in [-0.2, -0.15) is 0 Å². The minimum Gasteiger partial charge on any atom is -0.493 e. The summed E-state index contributed by atoms with van der Waals surface area (Å²) < 4.78 is 10.8. The summed E-state index contributed by atoms with van der Waals surface area (Å²) in [5.74, 6) is 0.967. The normalized spacial score (nSPS) is 10.2. The van der Waals surface area contributed by atoms with Gasteiger partial charge in [0.05, 0.1) is 14.2 Å². The zero-order valence-corrected chi connectivity index (χ0v) is 14.6. The number of rotatable bonds is 6. The van der Waals surface area contributed by atoms with Crippen molar-refractivity contribution < 1.29 is 14.3 Å². The average molecular weight is 325 g/mol. The first-order valence-corrected chi connectivity index (χ1v) is 7.74. The van der Waals surface area contributed by atoms with E-state index in [1.54, 1.807) is 32.4 Å². The van der Waals surface area contributed by atoms with Gasteiger partial charge in [0.2, 0.25) is 0 Å². The monoisotopic (exact) mass is 325 g/mol. The molecular formula is C20H23NO3. The maximum atomic E-state index is 12.6. The number of hydrogen-bond donors (Lipinski definition) is 1. The molecule has 126 valence electrons. The second-order valence-corrected chi connectivity index (χ2v) is 5.69. The molecule has 0 aliphatic heterocycles. The molecule has 1 amide bonds. The lowest BCUT2D eigenvalue weighted by Crippen LogP contribution is -2.13. The fourth-order valence-corrected chi connectivity index (χ4v) is 2.73. The highest BCUT2D eigenvalue weighted by Crippen LogP contribution is 2.33. The van der Waals surface area contributed by atoms with E-state index in [4.69, 9.17) is 9.47 Å². The van der Waals surface area contributed by atoms with Crippen LogP contribution in [0.4, 0.5) is 5.69 Å². The molecule has 0 bridgehead atoms. The van der Waals surface area contributed by atoms with Gasteiger partial charge in [0.15, 0.2) is 11.5 Å². The van der Waals surface area contributed by atoms with Crippen LogP contribution < -0.4 is 14.8 Å². The van der Waals surface area contributed by atoms with E-state index >= 15 is 0 Å². The number of hydrogen-bond acceptors (Lipinski definition) is 3. The van der Waals surface area contributed by atoms with Crippen LogP contribution in [0, 0.1) is 13.8 Å². The van der Waals surface area contributed by atoms with E-state index in [0.717, 1.165) is 22.4 Å². The van der Waals surface area contributed by atoms with E-state index in [9.17, 15) is 4.79 Å². The molecule has 24 heavy (non-hydrogen) atoms. The fourth-order valence-electron chi connectivity index (χ4n) is 2.73. The standard InChI is InChI=1S/C20H23NO3/c1-6-7-15-11-16(12-18(23-4)19(15)24-5)20(22)21-17-9-13(2)8-14(3)10-17/h6,8-12H,1,7H2,2-5H3,(H,21,22). The van der Waals surface area contributed by atoms with Crippen molar-refractivity contribution in [3.8, 4) is 11.5 Å². The number of amides is 1. The van der Waals surface area contributed by atoms with Gasteiger partial charge in [0, 0.05) is 16.8 Å². The summed E-state index contributed by atoms with van der Waals surface area (Å²) in [6.45, 7) is 7.75. The van der Waals surface area contributed by atoms with Gasteiger partial charge < -0.3 is 14.8 Å². The molecule has 2 aromatic carbocycles. The zero-order valence-electron chi connectivity index (χ0n) is 14.6. The van der Waals surface area contributed by atoms with Gasteiger partial charge in [-0.05, 0) is 55.7 Å². The molecule has 0 radical (unpaired) electrons. The fraction of sp³-hybridized carbons (Fsp3) is 0.250. The molecule has 0 spiro atoms. The Morgan fingerprint density at radius 3 is 2.29 bits per heavy atom. The summed E-state index contributed by atoms with van der Waals surface area (Å²) in [5.41, 5.74) is 4.36. The summed E-state index contributed by atoms with van der Waals surface area (Å²) in [5, 5.41) is 2.94. The first kappa shape index (κ1) is 17.6. The van der Waals surface area contributed by atoms with Gasteiger partial charge in [-0.1, -0.05) is 12.1 Å². The second kappa shape index (κ2) is 7.68. The lowest BCUT2D eigenvalue weighted by Gasteiger charge is -2.14. The van der Waals surface area contributed by atoms with E-state index in [0.29, 0.717) is 23.5 Å². The van der Waals surface area contributed by atoms with Crippen molar-refractivity contribution in [3.63, 3.8) is 0 Å². The third kappa shape index (κ3) is 3.96. The molecule has 0 aliphatic rings. The summed E-state index contributed by atoms with van der Waals surface area (Å²) in [6.07, 6.45) is 2.35. The second-order valence-electron chi connectivity index (χ2n) is 5.69. The molecule has 0 fully saturated rings. The highest BCUT2D eigenvalue weighted by molar-refractivity contribution is 6.05. The predicted octanol–water partition coefficient (Wildman–Crippen LogP) is 4.30. The van der Waals surface area contributed by atoms with E-state index in [1.165, 1.54) is 0 Å². The van der Waals surface area contributed by atoms with Gasteiger partial charge in [-0.25, -0.2) is 0 Å². The third-order valence-electron chi connectivity index (χ3n) is 3.66. The number of carbonyl (C=O) groups is 1. The number of aryl methyl sites for hydroxylation is 2. The largest absolute Gasteiger partial charge is 0.493 e. The van der Waals surface area contributed by atoms with Crippen LogP contribution in [0.25, 0.3) is 0 Å². The van der Waals surface area contributed by atoms with E-state index in [1.807, 2.05) is 26.0 Å². The summed E-state index contributed by atoms with van der Waals surface area (Å²) in [6, 6.07) is 9.44. The zero-order chi connectivity index (χ0) is 17.7. The van der Waals surface area contributed by atoms with E-state index in [-0.39, 0.29) is 5.91 Å². The van der Waals surface area contributed by atoms with Crippen LogP contribution in [0.5, 0.6) is 11.5 Å². The maximum absolute atomic E-state index is 12.6. The Hall–Kier alpha value is -2.75. The molecule has 4 nitrogen and oxygen atoms in total. The Bertz CT molecular complexity index is 745. The topological polar surface area (TPSA) is 47.6 Å². The summed E-state index contributed by atoms with van der Waals surface area (Å²) >= 11 is 0. The first-order valence-electron chi connectivity index (χ1n) is 7.74. The molecule has 1 N–H and O–H groups in total.